The molecule has 0 spiro atoms. The Labute approximate surface area is 124 Å². The van der Waals surface area contributed by atoms with Crippen LogP contribution in [0.5, 0.6) is 11.5 Å². The highest BCUT2D eigenvalue weighted by Crippen LogP contribution is 2.21. The van der Waals surface area contributed by atoms with Gasteiger partial charge in [-0.05, 0) is 30.7 Å². The minimum Gasteiger partial charge on any atom is -0.497 e. The molecule has 1 N–H and O–H groups in total. The molecule has 1 atom stereocenters. The predicted molar refractivity (Wildman–Crippen MR) is 82.8 cm³/mol. The first-order valence-electron chi connectivity index (χ1n) is 6.89. The second-order valence-electron chi connectivity index (χ2n) is 4.55. The largest absolute Gasteiger partial charge is 0.497 e. The van der Waals surface area contributed by atoms with E-state index in [1.807, 2.05) is 49.4 Å². The average molecular weight is 285 g/mol. The number of ether oxygens (including phenoxy) is 2. The number of hydrogen-bond donors (Lipinski definition) is 1. The molecule has 2 aromatic carbocycles. The maximum absolute atomic E-state index is 12.2. The molecule has 2 rings (SSSR count). The van der Waals surface area contributed by atoms with E-state index < -0.39 is 6.10 Å². The Morgan fingerprint density at radius 1 is 1.10 bits per heavy atom. The normalized spacial score (nSPS) is 11.5. The molecule has 110 valence electrons. The Kier molecular flexibility index (Phi) is 5.21. The molecule has 0 saturated heterocycles. The van der Waals surface area contributed by atoms with Gasteiger partial charge in [-0.1, -0.05) is 31.2 Å². The first-order valence-corrected chi connectivity index (χ1v) is 6.89. The van der Waals surface area contributed by atoms with Gasteiger partial charge < -0.3 is 14.8 Å². The van der Waals surface area contributed by atoms with Crippen molar-refractivity contribution in [1.82, 2.24) is 0 Å². The van der Waals surface area contributed by atoms with Gasteiger partial charge >= 0.3 is 0 Å². The molecule has 0 aliphatic heterocycles. The first-order chi connectivity index (χ1) is 10.2. The zero-order valence-corrected chi connectivity index (χ0v) is 12.2. The van der Waals surface area contributed by atoms with Crippen molar-refractivity contribution in [1.29, 1.82) is 0 Å². The van der Waals surface area contributed by atoms with Gasteiger partial charge in [0.1, 0.15) is 11.5 Å². The van der Waals surface area contributed by atoms with Gasteiger partial charge in [0, 0.05) is 11.8 Å². The minimum absolute atomic E-state index is 0.161. The lowest BCUT2D eigenvalue weighted by molar-refractivity contribution is -0.122. The van der Waals surface area contributed by atoms with E-state index in [0.29, 0.717) is 17.9 Å². The summed E-state index contributed by atoms with van der Waals surface area (Å²) in [7, 11) is 1.60. The number of benzene rings is 2. The van der Waals surface area contributed by atoms with Crippen LogP contribution in [0.15, 0.2) is 54.6 Å². The summed E-state index contributed by atoms with van der Waals surface area (Å²) in [4.78, 5) is 12.2. The number of amides is 1. The number of anilines is 1. The molecule has 0 unspecified atom stereocenters. The van der Waals surface area contributed by atoms with Crippen LogP contribution >= 0.6 is 0 Å². The Bertz CT molecular complexity index is 584. The maximum Gasteiger partial charge on any atom is 0.265 e. The van der Waals surface area contributed by atoms with Crippen molar-refractivity contribution in [2.45, 2.75) is 19.4 Å². The molecule has 0 fully saturated rings. The molecule has 0 aliphatic rings. The van der Waals surface area contributed by atoms with Crippen LogP contribution in [-0.2, 0) is 4.79 Å². The number of rotatable bonds is 6. The Balaban J connectivity index is 2.03. The fraction of sp³-hybridized carbons (Fsp3) is 0.235. The number of para-hydroxylation sites is 1. The molecule has 0 bridgehead atoms. The van der Waals surface area contributed by atoms with Crippen LogP contribution < -0.4 is 14.8 Å². The molecule has 4 heteroatoms. The van der Waals surface area contributed by atoms with E-state index in [2.05, 4.69) is 5.32 Å². The van der Waals surface area contributed by atoms with Gasteiger partial charge in [-0.25, -0.2) is 0 Å². The zero-order chi connectivity index (χ0) is 15.1. The van der Waals surface area contributed by atoms with Gasteiger partial charge in [0.05, 0.1) is 7.11 Å². The first kappa shape index (κ1) is 14.9. The van der Waals surface area contributed by atoms with E-state index in [1.54, 1.807) is 19.2 Å². The lowest BCUT2D eigenvalue weighted by atomic mass is 10.2. The predicted octanol–water partition coefficient (Wildman–Crippen LogP) is 3.49. The second kappa shape index (κ2) is 7.33. The average Bonchev–Trinajstić information content (AvgIpc) is 2.53. The van der Waals surface area contributed by atoms with E-state index in [4.69, 9.17) is 9.47 Å². The summed E-state index contributed by atoms with van der Waals surface area (Å²) < 4.78 is 10.9. The van der Waals surface area contributed by atoms with Crippen LogP contribution in [0.25, 0.3) is 0 Å². The summed E-state index contributed by atoms with van der Waals surface area (Å²) in [5, 5.41) is 2.85. The van der Waals surface area contributed by atoms with Crippen molar-refractivity contribution in [3.63, 3.8) is 0 Å². The summed E-state index contributed by atoms with van der Waals surface area (Å²) >= 11 is 0. The summed E-state index contributed by atoms with van der Waals surface area (Å²) in [5.74, 6) is 1.15. The van der Waals surface area contributed by atoms with Gasteiger partial charge in [0.2, 0.25) is 0 Å². The summed E-state index contributed by atoms with van der Waals surface area (Å²) in [6, 6.07) is 16.6. The van der Waals surface area contributed by atoms with Crippen LogP contribution in [0.1, 0.15) is 13.3 Å². The third-order valence-corrected chi connectivity index (χ3v) is 3.02. The van der Waals surface area contributed by atoms with Crippen LogP contribution in [0, 0.1) is 0 Å². The third-order valence-electron chi connectivity index (χ3n) is 3.02. The number of carbonyl (C=O) groups excluding carboxylic acids is 1. The summed E-state index contributed by atoms with van der Waals surface area (Å²) in [5.41, 5.74) is 0.759. The molecule has 0 aromatic heterocycles. The Morgan fingerprint density at radius 2 is 1.81 bits per heavy atom. The quantitative estimate of drug-likeness (QED) is 0.883. The monoisotopic (exact) mass is 285 g/mol. The molecule has 21 heavy (non-hydrogen) atoms. The number of methoxy groups -OCH3 is 1. The smallest absolute Gasteiger partial charge is 0.265 e. The SMILES string of the molecule is CC[C@@H](Oc1cccc(OC)c1)C(=O)Nc1ccccc1. The minimum atomic E-state index is -0.544. The maximum atomic E-state index is 12.2. The molecular formula is C17H19NO3. The van der Waals surface area contributed by atoms with Gasteiger partial charge in [0.25, 0.3) is 5.91 Å². The van der Waals surface area contributed by atoms with E-state index >= 15 is 0 Å². The van der Waals surface area contributed by atoms with Crippen LogP contribution in [-0.4, -0.2) is 19.1 Å². The van der Waals surface area contributed by atoms with Crippen molar-refractivity contribution in [3.8, 4) is 11.5 Å². The van der Waals surface area contributed by atoms with Crippen molar-refractivity contribution in [2.24, 2.45) is 0 Å². The third kappa shape index (κ3) is 4.24. The van der Waals surface area contributed by atoms with Crippen molar-refractivity contribution in [3.05, 3.63) is 54.6 Å². The summed E-state index contributed by atoms with van der Waals surface area (Å²) in [6.07, 6.45) is 0.0351. The number of carbonyl (C=O) groups is 1. The Hall–Kier alpha value is -2.49. The number of hydrogen-bond acceptors (Lipinski definition) is 3. The lowest BCUT2D eigenvalue weighted by Gasteiger charge is -2.17. The van der Waals surface area contributed by atoms with E-state index in [9.17, 15) is 4.79 Å². The van der Waals surface area contributed by atoms with Crippen LogP contribution in [0.3, 0.4) is 0 Å². The molecule has 0 saturated carbocycles. The standard InChI is InChI=1S/C17H19NO3/c1-3-16(17(19)18-13-8-5-4-6-9-13)21-15-11-7-10-14(12-15)20-2/h4-12,16H,3H2,1-2H3,(H,18,19)/t16-/m1/s1. The van der Waals surface area contributed by atoms with Gasteiger partial charge in [-0.3, -0.25) is 4.79 Å². The zero-order valence-electron chi connectivity index (χ0n) is 12.2. The molecule has 1 amide bonds. The molecule has 0 aliphatic carbocycles. The fourth-order valence-electron chi connectivity index (χ4n) is 1.91. The van der Waals surface area contributed by atoms with Crippen molar-refractivity contribution >= 4 is 11.6 Å². The molecule has 0 heterocycles. The van der Waals surface area contributed by atoms with E-state index in [-0.39, 0.29) is 5.91 Å². The Morgan fingerprint density at radius 3 is 2.48 bits per heavy atom. The summed E-state index contributed by atoms with van der Waals surface area (Å²) in [6.45, 7) is 1.91. The molecule has 4 nitrogen and oxygen atoms in total. The molecule has 2 aromatic rings. The second-order valence-corrected chi connectivity index (χ2v) is 4.55. The van der Waals surface area contributed by atoms with Gasteiger partial charge in [-0.2, -0.15) is 0 Å². The highest BCUT2D eigenvalue weighted by molar-refractivity contribution is 5.94. The van der Waals surface area contributed by atoms with Crippen LogP contribution in [0.4, 0.5) is 5.69 Å². The van der Waals surface area contributed by atoms with E-state index in [0.717, 1.165) is 5.69 Å². The molecular weight excluding hydrogens is 266 g/mol. The topological polar surface area (TPSA) is 47.6 Å². The van der Waals surface area contributed by atoms with E-state index in [1.165, 1.54) is 0 Å². The van der Waals surface area contributed by atoms with Gasteiger partial charge in [0.15, 0.2) is 6.10 Å². The lowest BCUT2D eigenvalue weighted by Crippen LogP contribution is -2.32. The van der Waals surface area contributed by atoms with Gasteiger partial charge in [-0.15, -0.1) is 0 Å². The van der Waals surface area contributed by atoms with Crippen molar-refractivity contribution in [2.75, 3.05) is 12.4 Å². The number of nitrogens with one attached hydrogen (secondary N) is 1. The fourth-order valence-corrected chi connectivity index (χ4v) is 1.91. The highest BCUT2D eigenvalue weighted by Gasteiger charge is 2.18. The van der Waals surface area contributed by atoms with Crippen LogP contribution in [0.2, 0.25) is 0 Å². The molecule has 0 radical (unpaired) electrons. The van der Waals surface area contributed by atoms with Crippen molar-refractivity contribution < 1.29 is 14.3 Å². The highest BCUT2D eigenvalue weighted by atomic mass is 16.5.